The lowest BCUT2D eigenvalue weighted by atomic mass is 10.1. The van der Waals surface area contributed by atoms with Gasteiger partial charge in [0.25, 0.3) is 0 Å². The average molecular weight is 277 g/mol. The quantitative estimate of drug-likeness (QED) is 0.795. The Balaban J connectivity index is 1.95. The number of hydrogen-bond donors (Lipinski definition) is 0. The molecule has 1 saturated heterocycles. The van der Waals surface area contributed by atoms with Crippen molar-refractivity contribution in [2.75, 3.05) is 13.7 Å². The van der Waals surface area contributed by atoms with Crippen LogP contribution in [0.2, 0.25) is 0 Å². The van der Waals surface area contributed by atoms with Crippen molar-refractivity contribution in [1.82, 2.24) is 4.90 Å². The van der Waals surface area contributed by atoms with Crippen LogP contribution in [0.3, 0.4) is 0 Å². The predicted octanol–water partition coefficient (Wildman–Crippen LogP) is 2.21. The van der Waals surface area contributed by atoms with Gasteiger partial charge in [-0.2, -0.15) is 0 Å². The van der Waals surface area contributed by atoms with Gasteiger partial charge in [0.05, 0.1) is 7.11 Å². The number of carbonyl (C=O) groups excluding carboxylic acids is 2. The number of ether oxygens (including phenoxy) is 2. The molecular formula is C15H19NO4. The zero-order chi connectivity index (χ0) is 14.5. The van der Waals surface area contributed by atoms with E-state index in [0.717, 1.165) is 5.56 Å². The second-order valence-electron chi connectivity index (χ2n) is 5.07. The maximum absolute atomic E-state index is 12.1. The van der Waals surface area contributed by atoms with E-state index in [1.807, 2.05) is 37.3 Å². The molecule has 0 spiro atoms. The van der Waals surface area contributed by atoms with Crippen LogP contribution in [0.5, 0.6) is 0 Å². The van der Waals surface area contributed by atoms with Gasteiger partial charge in [-0.3, -0.25) is 4.90 Å². The summed E-state index contributed by atoms with van der Waals surface area (Å²) in [5.41, 5.74) is 0.919. The number of carbonyl (C=O) groups is 2. The van der Waals surface area contributed by atoms with Crippen LogP contribution in [0.25, 0.3) is 0 Å². The van der Waals surface area contributed by atoms with Crippen LogP contribution in [0.15, 0.2) is 30.3 Å². The second-order valence-corrected chi connectivity index (χ2v) is 5.07. The van der Waals surface area contributed by atoms with Gasteiger partial charge in [-0.15, -0.1) is 0 Å². The van der Waals surface area contributed by atoms with Gasteiger partial charge in [-0.25, -0.2) is 9.59 Å². The van der Waals surface area contributed by atoms with Gasteiger partial charge >= 0.3 is 12.1 Å². The second kappa shape index (κ2) is 6.41. The van der Waals surface area contributed by atoms with E-state index in [-0.39, 0.29) is 18.5 Å². The summed E-state index contributed by atoms with van der Waals surface area (Å²) in [6.45, 7) is 2.73. The molecule has 1 amide bonds. The Bertz CT molecular complexity index is 474. The van der Waals surface area contributed by atoms with E-state index in [0.29, 0.717) is 13.0 Å². The van der Waals surface area contributed by atoms with Crippen molar-refractivity contribution in [2.24, 2.45) is 5.92 Å². The molecule has 0 saturated carbocycles. The van der Waals surface area contributed by atoms with Gasteiger partial charge in [-0.05, 0) is 17.9 Å². The summed E-state index contributed by atoms with van der Waals surface area (Å²) < 4.78 is 10.0. The van der Waals surface area contributed by atoms with Crippen molar-refractivity contribution >= 4 is 12.1 Å². The molecule has 5 nitrogen and oxygen atoms in total. The Morgan fingerprint density at radius 2 is 2.00 bits per heavy atom. The molecule has 2 atom stereocenters. The number of rotatable bonds is 3. The van der Waals surface area contributed by atoms with Gasteiger partial charge in [0.15, 0.2) is 0 Å². The highest BCUT2D eigenvalue weighted by atomic mass is 16.6. The summed E-state index contributed by atoms with van der Waals surface area (Å²) >= 11 is 0. The third-order valence-electron chi connectivity index (χ3n) is 3.42. The predicted molar refractivity (Wildman–Crippen MR) is 72.9 cm³/mol. The topological polar surface area (TPSA) is 55.8 Å². The maximum atomic E-state index is 12.1. The van der Waals surface area contributed by atoms with Gasteiger partial charge in [0.2, 0.25) is 0 Å². The minimum absolute atomic E-state index is 0.207. The molecule has 1 heterocycles. The van der Waals surface area contributed by atoms with Crippen molar-refractivity contribution in [2.45, 2.75) is 26.0 Å². The van der Waals surface area contributed by atoms with E-state index >= 15 is 0 Å². The first-order chi connectivity index (χ1) is 9.61. The first kappa shape index (κ1) is 14.4. The highest BCUT2D eigenvalue weighted by Crippen LogP contribution is 2.24. The number of nitrogens with zero attached hydrogens (tertiary/aromatic N) is 1. The van der Waals surface area contributed by atoms with Crippen LogP contribution >= 0.6 is 0 Å². The SMILES string of the molecule is COC(=O)[C@H]1C[C@H](C)CN1C(=O)OCc1ccccc1. The minimum atomic E-state index is -0.529. The fourth-order valence-electron chi connectivity index (χ4n) is 2.41. The fraction of sp³-hybridized carbons (Fsp3) is 0.467. The molecule has 108 valence electrons. The smallest absolute Gasteiger partial charge is 0.410 e. The Labute approximate surface area is 118 Å². The molecule has 0 aliphatic carbocycles. The number of benzene rings is 1. The van der Waals surface area contributed by atoms with E-state index in [1.165, 1.54) is 12.0 Å². The number of hydrogen-bond acceptors (Lipinski definition) is 4. The lowest BCUT2D eigenvalue weighted by Gasteiger charge is -2.21. The zero-order valence-electron chi connectivity index (χ0n) is 11.7. The molecule has 0 aromatic heterocycles. The van der Waals surface area contributed by atoms with Crippen LogP contribution in [0, 0.1) is 5.92 Å². The summed E-state index contributed by atoms with van der Waals surface area (Å²) in [7, 11) is 1.33. The molecule has 5 heteroatoms. The molecule has 1 aliphatic heterocycles. The van der Waals surface area contributed by atoms with Crippen molar-refractivity contribution in [3.63, 3.8) is 0 Å². The standard InChI is InChI=1S/C15H19NO4/c1-11-8-13(14(17)19-2)16(9-11)15(18)20-10-12-6-4-3-5-7-12/h3-7,11,13H,8-10H2,1-2H3/t11-,13+/m0/s1. The number of esters is 1. The van der Waals surface area contributed by atoms with Crippen LogP contribution < -0.4 is 0 Å². The van der Waals surface area contributed by atoms with E-state index in [4.69, 9.17) is 9.47 Å². The molecule has 0 unspecified atom stereocenters. The molecule has 2 rings (SSSR count). The Morgan fingerprint density at radius 3 is 2.65 bits per heavy atom. The van der Waals surface area contributed by atoms with Crippen molar-refractivity contribution in [3.8, 4) is 0 Å². The minimum Gasteiger partial charge on any atom is -0.467 e. The molecule has 1 fully saturated rings. The van der Waals surface area contributed by atoms with Gasteiger partial charge in [0.1, 0.15) is 12.6 Å². The molecule has 0 radical (unpaired) electrons. The fourth-order valence-corrected chi connectivity index (χ4v) is 2.41. The maximum Gasteiger partial charge on any atom is 0.410 e. The molecule has 20 heavy (non-hydrogen) atoms. The van der Waals surface area contributed by atoms with Gasteiger partial charge in [0, 0.05) is 6.54 Å². The molecule has 0 N–H and O–H groups in total. The highest BCUT2D eigenvalue weighted by Gasteiger charge is 2.39. The van der Waals surface area contributed by atoms with Gasteiger partial charge in [-0.1, -0.05) is 37.3 Å². The van der Waals surface area contributed by atoms with Crippen LogP contribution in [0.1, 0.15) is 18.9 Å². The lowest BCUT2D eigenvalue weighted by Crippen LogP contribution is -2.41. The summed E-state index contributed by atoms with van der Waals surface area (Å²) in [6.07, 6.45) is 0.154. The zero-order valence-corrected chi connectivity index (χ0v) is 11.7. The molecular weight excluding hydrogens is 258 g/mol. The average Bonchev–Trinajstić information content (AvgIpc) is 2.87. The highest BCUT2D eigenvalue weighted by molar-refractivity contribution is 5.82. The van der Waals surface area contributed by atoms with E-state index in [1.54, 1.807) is 0 Å². The Hall–Kier alpha value is -2.04. The van der Waals surface area contributed by atoms with Crippen molar-refractivity contribution in [3.05, 3.63) is 35.9 Å². The molecule has 1 aromatic carbocycles. The summed E-state index contributed by atoms with van der Waals surface area (Å²) in [6, 6.07) is 8.92. The summed E-state index contributed by atoms with van der Waals surface area (Å²) in [4.78, 5) is 25.2. The first-order valence-corrected chi connectivity index (χ1v) is 6.67. The number of amides is 1. The third kappa shape index (κ3) is 3.29. The normalized spacial score (nSPS) is 21.6. The lowest BCUT2D eigenvalue weighted by molar-refractivity contribution is -0.145. The van der Waals surface area contributed by atoms with Crippen LogP contribution in [-0.2, 0) is 20.9 Å². The molecule has 0 bridgehead atoms. The van der Waals surface area contributed by atoms with E-state index in [2.05, 4.69) is 0 Å². The number of likely N-dealkylation sites (tertiary alicyclic amines) is 1. The van der Waals surface area contributed by atoms with E-state index in [9.17, 15) is 9.59 Å². The molecule has 1 aliphatic rings. The monoisotopic (exact) mass is 277 g/mol. The van der Waals surface area contributed by atoms with Crippen LogP contribution in [0.4, 0.5) is 4.79 Å². The van der Waals surface area contributed by atoms with Crippen molar-refractivity contribution in [1.29, 1.82) is 0 Å². The van der Waals surface area contributed by atoms with Crippen LogP contribution in [-0.4, -0.2) is 36.7 Å². The summed E-state index contributed by atoms with van der Waals surface area (Å²) in [5, 5.41) is 0. The summed E-state index contributed by atoms with van der Waals surface area (Å²) in [5.74, 6) is -0.116. The van der Waals surface area contributed by atoms with Crippen molar-refractivity contribution < 1.29 is 19.1 Å². The Kier molecular flexibility index (Phi) is 4.61. The van der Waals surface area contributed by atoms with Gasteiger partial charge < -0.3 is 9.47 Å². The first-order valence-electron chi connectivity index (χ1n) is 6.67. The largest absolute Gasteiger partial charge is 0.467 e. The number of methoxy groups -OCH3 is 1. The molecule has 1 aromatic rings. The Morgan fingerprint density at radius 1 is 1.30 bits per heavy atom. The third-order valence-corrected chi connectivity index (χ3v) is 3.42. The van der Waals surface area contributed by atoms with E-state index < -0.39 is 12.1 Å².